The quantitative estimate of drug-likeness (QED) is 0.731. The van der Waals surface area contributed by atoms with E-state index in [-0.39, 0.29) is 5.91 Å². The maximum atomic E-state index is 12.1. The van der Waals surface area contributed by atoms with Gasteiger partial charge >= 0.3 is 0 Å². The Balaban J connectivity index is 1.34. The number of hydrogen-bond donors (Lipinski definition) is 1. The zero-order valence-corrected chi connectivity index (χ0v) is 16.6. The van der Waals surface area contributed by atoms with Crippen molar-refractivity contribution in [1.29, 1.82) is 0 Å². The molecule has 1 aromatic heterocycles. The van der Waals surface area contributed by atoms with Gasteiger partial charge in [-0.1, -0.05) is 36.9 Å². The van der Waals surface area contributed by atoms with Crippen LogP contribution in [0.5, 0.6) is 0 Å². The average Bonchev–Trinajstić information content (AvgIpc) is 3.43. The van der Waals surface area contributed by atoms with E-state index in [0.29, 0.717) is 18.2 Å². The number of carbonyl (C=O) groups excluding carboxylic acids is 1. The molecule has 0 spiro atoms. The molecule has 27 heavy (non-hydrogen) atoms. The van der Waals surface area contributed by atoms with Gasteiger partial charge < -0.3 is 10.2 Å². The molecule has 1 aliphatic heterocycles. The Labute approximate surface area is 164 Å². The van der Waals surface area contributed by atoms with Crippen LogP contribution < -0.4 is 10.2 Å². The molecule has 0 unspecified atom stereocenters. The van der Waals surface area contributed by atoms with Gasteiger partial charge in [0.15, 0.2) is 5.16 Å². The molecule has 1 saturated carbocycles. The molecule has 0 radical (unpaired) electrons. The van der Waals surface area contributed by atoms with Crippen LogP contribution in [0.3, 0.4) is 0 Å². The number of hydrogen-bond acceptors (Lipinski definition) is 5. The lowest BCUT2D eigenvalue weighted by atomic mass is 10.00. The average molecular weight is 386 g/mol. The summed E-state index contributed by atoms with van der Waals surface area (Å²) in [7, 11) is 0. The summed E-state index contributed by atoms with van der Waals surface area (Å²) in [5.41, 5.74) is 0.843. The Bertz CT molecular complexity index is 766. The first kappa shape index (κ1) is 18.3. The molecule has 1 aliphatic carbocycles. The first-order valence-corrected chi connectivity index (χ1v) is 10.9. The highest BCUT2D eigenvalue weighted by molar-refractivity contribution is 7.99. The van der Waals surface area contributed by atoms with Crippen molar-refractivity contribution in [2.75, 3.05) is 29.1 Å². The molecule has 1 N–H and O–H groups in total. The summed E-state index contributed by atoms with van der Waals surface area (Å²) in [5, 5.41) is 12.9. The SMILES string of the molecule is CC1CCN(c2nnc(SCCC(=O)Nc3ccccc3)n2C2CC2)CC1. The van der Waals surface area contributed by atoms with Crippen LogP contribution in [-0.2, 0) is 4.79 Å². The molecule has 4 rings (SSSR count). The van der Waals surface area contributed by atoms with E-state index in [0.717, 1.165) is 35.8 Å². The molecule has 2 aliphatic rings. The normalized spacial score (nSPS) is 17.9. The van der Waals surface area contributed by atoms with E-state index in [1.54, 1.807) is 11.8 Å². The van der Waals surface area contributed by atoms with Gasteiger partial charge in [0.2, 0.25) is 11.9 Å². The molecule has 2 fully saturated rings. The van der Waals surface area contributed by atoms with Gasteiger partial charge in [0.1, 0.15) is 0 Å². The van der Waals surface area contributed by atoms with Crippen LogP contribution in [0, 0.1) is 5.92 Å². The number of para-hydroxylation sites is 1. The second kappa shape index (κ2) is 8.33. The predicted molar refractivity (Wildman–Crippen MR) is 109 cm³/mol. The van der Waals surface area contributed by atoms with E-state index in [1.165, 1.54) is 25.7 Å². The molecule has 0 bridgehead atoms. The van der Waals surface area contributed by atoms with Crippen molar-refractivity contribution in [2.45, 2.75) is 50.2 Å². The van der Waals surface area contributed by atoms with E-state index < -0.39 is 0 Å². The van der Waals surface area contributed by atoms with Gasteiger partial charge in [-0.2, -0.15) is 0 Å². The van der Waals surface area contributed by atoms with Gasteiger partial charge in [0.05, 0.1) is 0 Å². The van der Waals surface area contributed by atoms with Crippen molar-refractivity contribution in [3.63, 3.8) is 0 Å². The Morgan fingerprint density at radius 2 is 1.89 bits per heavy atom. The fourth-order valence-electron chi connectivity index (χ4n) is 3.42. The van der Waals surface area contributed by atoms with Crippen LogP contribution in [0.4, 0.5) is 11.6 Å². The molecular weight excluding hydrogens is 358 g/mol. The van der Waals surface area contributed by atoms with Crippen LogP contribution in [-0.4, -0.2) is 39.5 Å². The first-order valence-electron chi connectivity index (χ1n) is 9.88. The third-order valence-corrected chi connectivity index (χ3v) is 6.19. The summed E-state index contributed by atoms with van der Waals surface area (Å²) < 4.78 is 2.32. The lowest BCUT2D eigenvalue weighted by Crippen LogP contribution is -2.34. The van der Waals surface area contributed by atoms with Crippen molar-refractivity contribution in [1.82, 2.24) is 14.8 Å². The minimum atomic E-state index is 0.0384. The van der Waals surface area contributed by atoms with Gasteiger partial charge in [0.25, 0.3) is 0 Å². The maximum absolute atomic E-state index is 12.1. The number of amides is 1. The minimum absolute atomic E-state index is 0.0384. The van der Waals surface area contributed by atoms with E-state index >= 15 is 0 Å². The Morgan fingerprint density at radius 3 is 2.59 bits per heavy atom. The summed E-state index contributed by atoms with van der Waals surface area (Å²) in [6.45, 7) is 4.46. The zero-order valence-electron chi connectivity index (χ0n) is 15.8. The number of aromatic nitrogens is 3. The fraction of sp³-hybridized carbons (Fsp3) is 0.550. The molecule has 1 aromatic carbocycles. The Hall–Kier alpha value is -2.02. The summed E-state index contributed by atoms with van der Waals surface area (Å²) in [4.78, 5) is 14.5. The molecule has 2 aromatic rings. The summed E-state index contributed by atoms with van der Waals surface area (Å²) in [5.74, 6) is 2.58. The van der Waals surface area contributed by atoms with Crippen LogP contribution in [0.1, 0.15) is 45.1 Å². The first-order chi connectivity index (χ1) is 13.2. The van der Waals surface area contributed by atoms with Gasteiger partial charge in [-0.15, -0.1) is 10.2 Å². The zero-order chi connectivity index (χ0) is 18.6. The number of nitrogens with zero attached hydrogens (tertiary/aromatic N) is 4. The van der Waals surface area contributed by atoms with E-state index in [1.807, 2.05) is 30.3 Å². The lowest BCUT2D eigenvalue weighted by molar-refractivity contribution is -0.115. The lowest BCUT2D eigenvalue weighted by Gasteiger charge is -2.31. The number of piperidine rings is 1. The number of nitrogens with one attached hydrogen (secondary N) is 1. The molecule has 2 heterocycles. The summed E-state index contributed by atoms with van der Waals surface area (Å²) in [6, 6.07) is 10.1. The molecule has 6 nitrogen and oxygen atoms in total. The topological polar surface area (TPSA) is 63.1 Å². The van der Waals surface area contributed by atoms with Crippen molar-refractivity contribution in [3.05, 3.63) is 30.3 Å². The van der Waals surface area contributed by atoms with Crippen LogP contribution in [0.2, 0.25) is 0 Å². The summed E-state index contributed by atoms with van der Waals surface area (Å²) in [6.07, 6.45) is 5.32. The number of benzene rings is 1. The molecule has 1 saturated heterocycles. The molecule has 1 amide bonds. The Kier molecular flexibility index (Phi) is 5.66. The number of anilines is 2. The van der Waals surface area contributed by atoms with Crippen molar-refractivity contribution in [3.8, 4) is 0 Å². The van der Waals surface area contributed by atoms with Crippen molar-refractivity contribution in [2.24, 2.45) is 5.92 Å². The predicted octanol–water partition coefficient (Wildman–Crippen LogP) is 3.97. The van der Waals surface area contributed by atoms with E-state index in [4.69, 9.17) is 0 Å². The second-order valence-corrected chi connectivity index (χ2v) is 8.63. The van der Waals surface area contributed by atoms with Crippen LogP contribution in [0.15, 0.2) is 35.5 Å². The largest absolute Gasteiger partial charge is 0.341 e. The number of thioether (sulfide) groups is 1. The standard InChI is InChI=1S/C20H27N5OS/c1-15-9-12-24(13-10-15)19-22-23-20(25(19)17-7-8-17)27-14-11-18(26)21-16-5-3-2-4-6-16/h2-6,15,17H,7-14H2,1H3,(H,21,26). The van der Waals surface area contributed by atoms with Gasteiger partial charge in [-0.25, -0.2) is 0 Å². The maximum Gasteiger partial charge on any atom is 0.228 e. The smallest absolute Gasteiger partial charge is 0.228 e. The van der Waals surface area contributed by atoms with Crippen molar-refractivity contribution < 1.29 is 4.79 Å². The number of carbonyl (C=O) groups is 1. The third kappa shape index (κ3) is 4.64. The fourth-order valence-corrected chi connectivity index (χ4v) is 4.36. The second-order valence-electron chi connectivity index (χ2n) is 7.57. The molecule has 0 atom stereocenters. The third-order valence-electron chi connectivity index (χ3n) is 5.24. The van der Waals surface area contributed by atoms with Gasteiger partial charge in [-0.3, -0.25) is 9.36 Å². The van der Waals surface area contributed by atoms with Crippen LogP contribution >= 0.6 is 11.8 Å². The van der Waals surface area contributed by atoms with Gasteiger partial charge in [-0.05, 0) is 43.7 Å². The van der Waals surface area contributed by atoms with Crippen LogP contribution in [0.25, 0.3) is 0 Å². The van der Waals surface area contributed by atoms with Crippen molar-refractivity contribution >= 4 is 29.3 Å². The highest BCUT2D eigenvalue weighted by Crippen LogP contribution is 2.41. The minimum Gasteiger partial charge on any atom is -0.341 e. The monoisotopic (exact) mass is 385 g/mol. The highest BCUT2D eigenvalue weighted by Gasteiger charge is 2.32. The Morgan fingerprint density at radius 1 is 1.15 bits per heavy atom. The van der Waals surface area contributed by atoms with E-state index in [9.17, 15) is 4.79 Å². The molecular formula is C20H27N5OS. The van der Waals surface area contributed by atoms with Gasteiger partial charge in [0, 0.05) is 37.0 Å². The van der Waals surface area contributed by atoms with E-state index in [2.05, 4.69) is 31.9 Å². The molecule has 7 heteroatoms. The highest BCUT2D eigenvalue weighted by atomic mass is 32.2. The summed E-state index contributed by atoms with van der Waals surface area (Å²) >= 11 is 1.64. The molecule has 144 valence electrons. The number of rotatable bonds is 7.